The van der Waals surface area contributed by atoms with Crippen molar-refractivity contribution in [1.29, 1.82) is 0 Å². The molecule has 0 spiro atoms. The number of ketones is 1. The second-order valence-corrected chi connectivity index (χ2v) is 5.22. The molecular weight excluding hydrogens is 226 g/mol. The number of H-pyrrole nitrogens is 1. The zero-order valence-corrected chi connectivity index (χ0v) is 9.32. The molecule has 0 aliphatic carbocycles. The van der Waals surface area contributed by atoms with Crippen LogP contribution in [0.25, 0.3) is 9.40 Å². The summed E-state index contributed by atoms with van der Waals surface area (Å²) < 4.78 is 2.39. The number of hydrogen-bond acceptors (Lipinski definition) is 3. The summed E-state index contributed by atoms with van der Waals surface area (Å²) in [5, 5.41) is 2.05. The fourth-order valence-electron chi connectivity index (χ4n) is 1.49. The lowest BCUT2D eigenvalue weighted by Gasteiger charge is -1.90. The molecule has 3 aromatic heterocycles. The van der Waals surface area contributed by atoms with Crippen LogP contribution in [0.15, 0.2) is 36.0 Å². The van der Waals surface area contributed by atoms with Crippen molar-refractivity contribution in [3.63, 3.8) is 0 Å². The van der Waals surface area contributed by atoms with E-state index in [2.05, 4.69) is 11.1 Å². The fraction of sp³-hybridized carbons (Fsp3) is 0. The number of nitrogens with one attached hydrogen (secondary N) is 1. The average molecular weight is 233 g/mol. The number of rotatable bonds is 2. The van der Waals surface area contributed by atoms with Crippen molar-refractivity contribution < 1.29 is 4.79 Å². The Labute approximate surface area is 94.2 Å². The predicted octanol–water partition coefficient (Wildman–Crippen LogP) is 3.52. The first-order valence-corrected chi connectivity index (χ1v) is 6.19. The molecule has 3 aromatic rings. The van der Waals surface area contributed by atoms with Crippen molar-refractivity contribution in [1.82, 2.24) is 4.98 Å². The van der Waals surface area contributed by atoms with Gasteiger partial charge in [0.1, 0.15) is 0 Å². The van der Waals surface area contributed by atoms with Crippen molar-refractivity contribution >= 4 is 37.9 Å². The van der Waals surface area contributed by atoms with Gasteiger partial charge in [0, 0.05) is 27.4 Å². The minimum atomic E-state index is 0.102. The Kier molecular flexibility index (Phi) is 1.97. The molecule has 0 bridgehead atoms. The van der Waals surface area contributed by atoms with E-state index in [0.717, 1.165) is 10.4 Å². The Hall–Kier alpha value is -1.39. The van der Waals surface area contributed by atoms with E-state index in [1.165, 1.54) is 9.40 Å². The first kappa shape index (κ1) is 8.88. The minimum absolute atomic E-state index is 0.102. The van der Waals surface area contributed by atoms with Gasteiger partial charge in [-0.15, -0.1) is 22.7 Å². The van der Waals surface area contributed by atoms with Gasteiger partial charge in [-0.3, -0.25) is 4.79 Å². The number of fused-ring (bicyclic) bond motifs is 1. The number of carbonyl (C=O) groups excluding carboxylic acids is 1. The molecule has 0 saturated carbocycles. The second kappa shape index (κ2) is 3.32. The van der Waals surface area contributed by atoms with Crippen molar-refractivity contribution in [3.8, 4) is 0 Å². The summed E-state index contributed by atoms with van der Waals surface area (Å²) in [4.78, 5) is 15.7. The highest BCUT2D eigenvalue weighted by atomic mass is 32.1. The van der Waals surface area contributed by atoms with Crippen LogP contribution in [0.2, 0.25) is 0 Å². The van der Waals surface area contributed by atoms with E-state index in [1.807, 2.05) is 11.4 Å². The van der Waals surface area contributed by atoms with Crippen LogP contribution in [-0.4, -0.2) is 10.8 Å². The lowest BCUT2D eigenvalue weighted by Crippen LogP contribution is -1.95. The van der Waals surface area contributed by atoms with Gasteiger partial charge in [-0.25, -0.2) is 0 Å². The van der Waals surface area contributed by atoms with Crippen molar-refractivity contribution in [2.45, 2.75) is 0 Å². The highest BCUT2D eigenvalue weighted by molar-refractivity contribution is 7.28. The molecular formula is C11H7NOS2. The molecule has 0 unspecified atom stereocenters. The lowest BCUT2D eigenvalue weighted by atomic mass is 10.2. The monoisotopic (exact) mass is 233 g/mol. The molecule has 74 valence electrons. The fourth-order valence-corrected chi connectivity index (χ4v) is 3.56. The van der Waals surface area contributed by atoms with Crippen LogP contribution in [-0.2, 0) is 0 Å². The highest BCUT2D eigenvalue weighted by Gasteiger charge is 2.13. The predicted molar refractivity (Wildman–Crippen MR) is 63.9 cm³/mol. The molecule has 0 radical (unpaired) electrons. The van der Waals surface area contributed by atoms with Gasteiger partial charge in [-0.05, 0) is 23.6 Å². The SMILES string of the molecule is O=C(c1cc[nH]c1)c1cc2sccc2s1. The Bertz CT molecular complexity index is 575. The van der Waals surface area contributed by atoms with E-state index in [9.17, 15) is 4.79 Å². The van der Waals surface area contributed by atoms with E-state index < -0.39 is 0 Å². The Morgan fingerprint density at radius 3 is 2.93 bits per heavy atom. The second-order valence-electron chi connectivity index (χ2n) is 3.19. The van der Waals surface area contributed by atoms with Crippen LogP contribution in [0.4, 0.5) is 0 Å². The molecule has 2 nitrogen and oxygen atoms in total. The number of carbonyl (C=O) groups is 1. The molecule has 0 aliphatic heterocycles. The van der Waals surface area contributed by atoms with Gasteiger partial charge in [0.25, 0.3) is 0 Å². The van der Waals surface area contributed by atoms with Crippen LogP contribution >= 0.6 is 22.7 Å². The summed E-state index contributed by atoms with van der Waals surface area (Å²) in [5.74, 6) is 0.102. The lowest BCUT2D eigenvalue weighted by molar-refractivity contribution is 0.104. The number of thiophene rings is 2. The molecule has 3 heterocycles. The van der Waals surface area contributed by atoms with Crippen LogP contribution < -0.4 is 0 Å². The van der Waals surface area contributed by atoms with Crippen molar-refractivity contribution in [2.24, 2.45) is 0 Å². The zero-order valence-electron chi connectivity index (χ0n) is 7.69. The maximum atomic E-state index is 12.0. The largest absolute Gasteiger partial charge is 0.367 e. The Morgan fingerprint density at radius 2 is 2.20 bits per heavy atom. The van der Waals surface area contributed by atoms with Crippen molar-refractivity contribution in [3.05, 3.63) is 46.4 Å². The molecule has 0 atom stereocenters. The summed E-state index contributed by atoms with van der Waals surface area (Å²) in [6, 6.07) is 5.83. The van der Waals surface area contributed by atoms with E-state index in [4.69, 9.17) is 0 Å². The van der Waals surface area contributed by atoms with Crippen molar-refractivity contribution in [2.75, 3.05) is 0 Å². The molecule has 4 heteroatoms. The smallest absolute Gasteiger partial charge is 0.204 e. The average Bonchev–Trinajstić information content (AvgIpc) is 2.92. The Balaban J connectivity index is 2.07. The summed E-state index contributed by atoms with van der Waals surface area (Å²) in [6.07, 6.45) is 3.50. The third kappa shape index (κ3) is 1.42. The normalized spacial score (nSPS) is 10.9. The highest BCUT2D eigenvalue weighted by Crippen LogP contribution is 2.31. The maximum absolute atomic E-state index is 12.0. The first-order valence-electron chi connectivity index (χ1n) is 4.49. The third-order valence-electron chi connectivity index (χ3n) is 2.22. The van der Waals surface area contributed by atoms with Gasteiger partial charge >= 0.3 is 0 Å². The van der Waals surface area contributed by atoms with Crippen LogP contribution in [0.5, 0.6) is 0 Å². The molecule has 15 heavy (non-hydrogen) atoms. The van der Waals surface area contributed by atoms with Gasteiger partial charge in [0.05, 0.1) is 4.88 Å². The number of aromatic nitrogens is 1. The molecule has 0 saturated heterocycles. The van der Waals surface area contributed by atoms with E-state index in [0.29, 0.717) is 0 Å². The molecule has 3 rings (SSSR count). The molecule has 0 aliphatic rings. The summed E-state index contributed by atoms with van der Waals surface area (Å²) in [7, 11) is 0. The van der Waals surface area contributed by atoms with Crippen LogP contribution in [0, 0.1) is 0 Å². The summed E-state index contributed by atoms with van der Waals surface area (Å²) in [6.45, 7) is 0. The molecule has 0 fully saturated rings. The standard InChI is InChI=1S/C11H7NOS2/c13-11(7-1-3-12-6-7)10-5-9-8(15-10)2-4-14-9/h1-6,12H. The Morgan fingerprint density at radius 1 is 1.27 bits per heavy atom. The van der Waals surface area contributed by atoms with Gasteiger partial charge in [0.15, 0.2) is 0 Å². The molecule has 1 N–H and O–H groups in total. The summed E-state index contributed by atoms with van der Waals surface area (Å²) >= 11 is 3.23. The maximum Gasteiger partial charge on any atom is 0.204 e. The third-order valence-corrected chi connectivity index (χ3v) is 4.32. The van der Waals surface area contributed by atoms with E-state index in [1.54, 1.807) is 41.1 Å². The minimum Gasteiger partial charge on any atom is -0.367 e. The number of aromatic amines is 1. The van der Waals surface area contributed by atoms with Gasteiger partial charge < -0.3 is 4.98 Å². The quantitative estimate of drug-likeness (QED) is 0.675. The van der Waals surface area contributed by atoms with Crippen LogP contribution in [0.3, 0.4) is 0 Å². The zero-order chi connectivity index (χ0) is 10.3. The topological polar surface area (TPSA) is 32.9 Å². The molecule has 0 amide bonds. The molecule has 0 aromatic carbocycles. The van der Waals surface area contributed by atoms with Crippen LogP contribution in [0.1, 0.15) is 15.2 Å². The van der Waals surface area contributed by atoms with E-state index >= 15 is 0 Å². The van der Waals surface area contributed by atoms with Gasteiger partial charge in [-0.1, -0.05) is 0 Å². The van der Waals surface area contributed by atoms with Gasteiger partial charge in [0.2, 0.25) is 5.78 Å². The van der Waals surface area contributed by atoms with Gasteiger partial charge in [-0.2, -0.15) is 0 Å². The summed E-state index contributed by atoms with van der Waals surface area (Å²) in [5.41, 5.74) is 0.726. The van der Waals surface area contributed by atoms with E-state index in [-0.39, 0.29) is 5.78 Å². The first-order chi connectivity index (χ1) is 7.34. The number of hydrogen-bond donors (Lipinski definition) is 1.